The lowest BCUT2D eigenvalue weighted by Crippen LogP contribution is -2.29. The molecule has 0 aliphatic carbocycles. The lowest BCUT2D eigenvalue weighted by atomic mass is 10.2. The van der Waals surface area contributed by atoms with Crippen molar-refractivity contribution in [2.24, 2.45) is 0 Å². The van der Waals surface area contributed by atoms with Crippen molar-refractivity contribution >= 4 is 17.7 Å². The van der Waals surface area contributed by atoms with Crippen LogP contribution in [0, 0.1) is 0 Å². The highest BCUT2D eigenvalue weighted by molar-refractivity contribution is 8.00. The van der Waals surface area contributed by atoms with Gasteiger partial charge in [-0.2, -0.15) is 0 Å². The Morgan fingerprint density at radius 3 is 3.08 bits per heavy atom. The summed E-state index contributed by atoms with van der Waals surface area (Å²) < 4.78 is 5.42. The summed E-state index contributed by atoms with van der Waals surface area (Å²) in [4.78, 5) is 10.7. The first-order valence-corrected chi connectivity index (χ1v) is 5.26. The smallest absolute Gasteiger partial charge is 0.319 e. The Bertz CT molecular complexity index is 160. The van der Waals surface area contributed by atoms with Gasteiger partial charge in [-0.05, 0) is 18.6 Å². The maximum absolute atomic E-state index is 10.7. The Morgan fingerprint density at radius 2 is 2.50 bits per heavy atom. The van der Waals surface area contributed by atoms with Crippen molar-refractivity contribution in [2.45, 2.75) is 31.1 Å². The van der Waals surface area contributed by atoms with Crippen LogP contribution in [0.15, 0.2) is 0 Å². The van der Waals surface area contributed by atoms with Gasteiger partial charge in [-0.1, -0.05) is 6.92 Å². The molecule has 0 aromatic heterocycles. The van der Waals surface area contributed by atoms with Crippen molar-refractivity contribution in [3.05, 3.63) is 0 Å². The van der Waals surface area contributed by atoms with Crippen molar-refractivity contribution in [3.63, 3.8) is 0 Å². The molecule has 1 heterocycles. The van der Waals surface area contributed by atoms with Crippen molar-refractivity contribution in [1.29, 1.82) is 0 Å². The van der Waals surface area contributed by atoms with E-state index in [9.17, 15) is 4.79 Å². The van der Waals surface area contributed by atoms with Gasteiger partial charge >= 0.3 is 5.97 Å². The van der Waals surface area contributed by atoms with E-state index in [4.69, 9.17) is 9.84 Å². The fraction of sp³-hybridized carbons (Fsp3) is 0.875. The van der Waals surface area contributed by atoms with Crippen LogP contribution in [0.5, 0.6) is 0 Å². The van der Waals surface area contributed by atoms with Gasteiger partial charge in [0.2, 0.25) is 0 Å². The Balaban J connectivity index is 2.35. The average Bonchev–Trinajstić information content (AvgIpc) is 2.48. The number of ether oxygens (including phenoxy) is 1. The lowest BCUT2D eigenvalue weighted by molar-refractivity contribution is -0.139. The minimum Gasteiger partial charge on any atom is -0.480 e. The van der Waals surface area contributed by atoms with Crippen LogP contribution < -0.4 is 0 Å². The standard InChI is InChI=1S/C8H14O3S/c1-2-4-11-6-3-5-12-7(6)8(9)10/h6-7H,2-5H2,1H3,(H,9,10). The second-order valence-electron chi connectivity index (χ2n) is 2.83. The molecule has 3 nitrogen and oxygen atoms in total. The topological polar surface area (TPSA) is 46.5 Å². The van der Waals surface area contributed by atoms with Crippen LogP contribution in [0.4, 0.5) is 0 Å². The SMILES string of the molecule is CCCOC1CCSC1C(=O)O. The van der Waals surface area contributed by atoms with Gasteiger partial charge < -0.3 is 9.84 Å². The third-order valence-electron chi connectivity index (χ3n) is 1.82. The molecule has 70 valence electrons. The molecule has 1 saturated heterocycles. The van der Waals surface area contributed by atoms with Crippen LogP contribution in [0.2, 0.25) is 0 Å². The molecule has 1 N–H and O–H groups in total. The quantitative estimate of drug-likeness (QED) is 0.727. The van der Waals surface area contributed by atoms with E-state index in [-0.39, 0.29) is 11.4 Å². The highest BCUT2D eigenvalue weighted by Crippen LogP contribution is 2.29. The summed E-state index contributed by atoms with van der Waals surface area (Å²) in [6, 6.07) is 0. The zero-order valence-corrected chi connectivity index (χ0v) is 7.97. The maximum Gasteiger partial charge on any atom is 0.319 e. The second-order valence-corrected chi connectivity index (χ2v) is 4.08. The second kappa shape index (κ2) is 4.72. The van der Waals surface area contributed by atoms with Gasteiger partial charge in [0, 0.05) is 6.61 Å². The van der Waals surface area contributed by atoms with E-state index in [0.29, 0.717) is 6.61 Å². The summed E-state index contributed by atoms with van der Waals surface area (Å²) in [5.74, 6) is 0.171. The Morgan fingerprint density at radius 1 is 1.75 bits per heavy atom. The molecule has 12 heavy (non-hydrogen) atoms. The number of aliphatic carboxylic acids is 1. The third kappa shape index (κ3) is 2.38. The molecule has 0 radical (unpaired) electrons. The minimum absolute atomic E-state index is 0.0625. The molecular formula is C8H14O3S. The molecule has 1 rings (SSSR count). The first kappa shape index (κ1) is 9.86. The number of hydrogen-bond acceptors (Lipinski definition) is 3. The molecule has 1 fully saturated rings. The Kier molecular flexibility index (Phi) is 3.88. The largest absolute Gasteiger partial charge is 0.480 e. The van der Waals surface area contributed by atoms with Gasteiger partial charge in [0.1, 0.15) is 5.25 Å². The van der Waals surface area contributed by atoms with Gasteiger partial charge in [0.05, 0.1) is 6.10 Å². The minimum atomic E-state index is -0.737. The van der Waals surface area contributed by atoms with Crippen LogP contribution in [-0.4, -0.2) is 34.8 Å². The summed E-state index contributed by atoms with van der Waals surface area (Å²) in [6.45, 7) is 2.70. The summed E-state index contributed by atoms with van der Waals surface area (Å²) in [5.41, 5.74) is 0. The van der Waals surface area contributed by atoms with Crippen LogP contribution in [0.25, 0.3) is 0 Å². The fourth-order valence-corrected chi connectivity index (χ4v) is 2.43. The average molecular weight is 190 g/mol. The highest BCUT2D eigenvalue weighted by Gasteiger charge is 2.34. The van der Waals surface area contributed by atoms with E-state index in [1.165, 1.54) is 11.8 Å². The number of carbonyl (C=O) groups is 1. The number of carboxylic acid groups (broad SMARTS) is 1. The van der Waals surface area contributed by atoms with Crippen molar-refractivity contribution < 1.29 is 14.6 Å². The van der Waals surface area contributed by atoms with E-state index in [1.54, 1.807) is 0 Å². The predicted octanol–water partition coefficient (Wildman–Crippen LogP) is 1.37. The fourth-order valence-electron chi connectivity index (χ4n) is 1.24. The molecular weight excluding hydrogens is 176 g/mol. The third-order valence-corrected chi connectivity index (χ3v) is 3.15. The van der Waals surface area contributed by atoms with E-state index in [1.807, 2.05) is 6.92 Å². The predicted molar refractivity (Wildman–Crippen MR) is 48.5 cm³/mol. The number of hydrogen-bond donors (Lipinski definition) is 1. The summed E-state index contributed by atoms with van der Waals surface area (Å²) in [7, 11) is 0. The molecule has 0 aromatic rings. The molecule has 4 heteroatoms. The first-order valence-electron chi connectivity index (χ1n) is 4.21. The zero-order valence-electron chi connectivity index (χ0n) is 7.16. The van der Waals surface area contributed by atoms with Crippen LogP contribution in [-0.2, 0) is 9.53 Å². The number of carboxylic acids is 1. The summed E-state index contributed by atoms with van der Waals surface area (Å²) in [6.07, 6.45) is 1.77. The molecule has 1 aliphatic heterocycles. The summed E-state index contributed by atoms with van der Waals surface area (Å²) >= 11 is 1.48. The molecule has 1 aliphatic rings. The van der Waals surface area contributed by atoms with Crippen molar-refractivity contribution in [2.75, 3.05) is 12.4 Å². The molecule has 0 spiro atoms. The van der Waals surface area contributed by atoms with Crippen LogP contribution in [0.1, 0.15) is 19.8 Å². The van der Waals surface area contributed by atoms with Crippen LogP contribution >= 0.6 is 11.8 Å². The zero-order chi connectivity index (χ0) is 8.97. The van der Waals surface area contributed by atoms with Gasteiger partial charge in [-0.25, -0.2) is 0 Å². The number of thioether (sulfide) groups is 1. The van der Waals surface area contributed by atoms with Crippen molar-refractivity contribution in [3.8, 4) is 0 Å². The van der Waals surface area contributed by atoms with Gasteiger partial charge in [-0.3, -0.25) is 4.79 Å². The van der Waals surface area contributed by atoms with Crippen molar-refractivity contribution in [1.82, 2.24) is 0 Å². The van der Waals surface area contributed by atoms with E-state index in [0.717, 1.165) is 18.6 Å². The Labute approximate surface area is 76.5 Å². The molecule has 0 aromatic carbocycles. The van der Waals surface area contributed by atoms with E-state index < -0.39 is 5.97 Å². The monoisotopic (exact) mass is 190 g/mol. The van der Waals surface area contributed by atoms with E-state index >= 15 is 0 Å². The highest BCUT2D eigenvalue weighted by atomic mass is 32.2. The summed E-state index contributed by atoms with van der Waals surface area (Å²) in [5, 5.41) is 8.45. The lowest BCUT2D eigenvalue weighted by Gasteiger charge is -2.14. The normalized spacial score (nSPS) is 29.1. The first-order chi connectivity index (χ1) is 5.75. The molecule has 0 saturated carbocycles. The molecule has 2 atom stereocenters. The number of rotatable bonds is 4. The maximum atomic E-state index is 10.7. The van der Waals surface area contributed by atoms with E-state index in [2.05, 4.69) is 0 Å². The van der Waals surface area contributed by atoms with Gasteiger partial charge in [-0.15, -0.1) is 11.8 Å². The molecule has 0 bridgehead atoms. The molecule has 0 amide bonds. The van der Waals surface area contributed by atoms with Gasteiger partial charge in [0.25, 0.3) is 0 Å². The Hall–Kier alpha value is -0.220. The molecule has 2 unspecified atom stereocenters. The van der Waals surface area contributed by atoms with Crippen LogP contribution in [0.3, 0.4) is 0 Å². The van der Waals surface area contributed by atoms with Gasteiger partial charge in [0.15, 0.2) is 0 Å².